The smallest absolute Gasteiger partial charge is 0.271 e. The molecule has 0 bridgehead atoms. The molecule has 36 heavy (non-hydrogen) atoms. The van der Waals surface area contributed by atoms with Crippen molar-refractivity contribution < 1.29 is 13.9 Å². The van der Waals surface area contributed by atoms with Gasteiger partial charge in [0.2, 0.25) is 0 Å². The first-order valence-electron chi connectivity index (χ1n) is 11.1. The van der Waals surface area contributed by atoms with Crippen molar-refractivity contribution in [2.45, 2.75) is 6.92 Å². The molecule has 1 amide bonds. The van der Waals surface area contributed by atoms with Gasteiger partial charge in [0.05, 0.1) is 28.5 Å². The molecule has 0 aliphatic rings. The number of rotatable bonds is 6. The number of hydrogen-bond acceptors (Lipinski definition) is 6. The van der Waals surface area contributed by atoms with Crippen molar-refractivity contribution in [3.63, 3.8) is 0 Å². The number of pyridine rings is 1. The molecule has 0 radical (unpaired) electrons. The van der Waals surface area contributed by atoms with E-state index in [1.807, 2.05) is 19.1 Å². The standard InChI is InChI=1S/C26H22ClFN6O2/c1-14-7-8-30-22-18(14)11-16(12-19(22)27)23-21(15-3-5-17(28)6-4-15)33-24(29)25-32-20(13-34(23)25)26(35)31-9-10-36-2/h3-8,11-13H,9-10H2,1-2H3,(H2,29,33)(H,31,35). The maximum Gasteiger partial charge on any atom is 0.271 e. The predicted octanol–water partition coefficient (Wildman–Crippen LogP) is 4.67. The van der Waals surface area contributed by atoms with Crippen LogP contribution in [0.4, 0.5) is 10.2 Å². The number of aromatic nitrogens is 4. The van der Waals surface area contributed by atoms with E-state index in [2.05, 4.69) is 20.3 Å². The van der Waals surface area contributed by atoms with Gasteiger partial charge in [-0.1, -0.05) is 11.6 Å². The molecule has 0 saturated carbocycles. The highest BCUT2D eigenvalue weighted by molar-refractivity contribution is 6.35. The van der Waals surface area contributed by atoms with E-state index in [-0.39, 0.29) is 23.2 Å². The molecule has 0 spiro atoms. The van der Waals surface area contributed by atoms with Crippen LogP contribution in [0.1, 0.15) is 16.1 Å². The number of imidazole rings is 1. The summed E-state index contributed by atoms with van der Waals surface area (Å²) in [6.07, 6.45) is 3.31. The average Bonchev–Trinajstić information content (AvgIpc) is 3.31. The minimum atomic E-state index is -0.374. The zero-order valence-corrected chi connectivity index (χ0v) is 20.3. The molecular formula is C26H22ClFN6O2. The fourth-order valence-electron chi connectivity index (χ4n) is 4.10. The lowest BCUT2D eigenvalue weighted by atomic mass is 10.0. The number of ether oxygens (including phenoxy) is 1. The van der Waals surface area contributed by atoms with Crippen LogP contribution in [-0.2, 0) is 4.74 Å². The molecule has 5 aromatic rings. The van der Waals surface area contributed by atoms with Crippen LogP contribution in [0.15, 0.2) is 54.9 Å². The van der Waals surface area contributed by atoms with E-state index < -0.39 is 0 Å². The van der Waals surface area contributed by atoms with Crippen molar-refractivity contribution >= 4 is 39.9 Å². The second-order valence-electron chi connectivity index (χ2n) is 8.25. The van der Waals surface area contributed by atoms with E-state index in [9.17, 15) is 9.18 Å². The zero-order valence-electron chi connectivity index (χ0n) is 19.5. The molecule has 3 aromatic heterocycles. The van der Waals surface area contributed by atoms with Crippen LogP contribution >= 0.6 is 11.6 Å². The fraction of sp³-hybridized carbons (Fsp3) is 0.154. The molecule has 8 nitrogen and oxygen atoms in total. The molecule has 0 unspecified atom stereocenters. The summed E-state index contributed by atoms with van der Waals surface area (Å²) in [7, 11) is 1.55. The Kier molecular flexibility index (Phi) is 6.26. The third-order valence-corrected chi connectivity index (χ3v) is 6.15. The van der Waals surface area contributed by atoms with Gasteiger partial charge in [0, 0.05) is 42.6 Å². The highest BCUT2D eigenvalue weighted by Gasteiger charge is 2.22. The molecule has 0 aliphatic carbocycles. The number of methoxy groups -OCH3 is 1. The number of nitrogens with two attached hydrogens (primary N) is 1. The van der Waals surface area contributed by atoms with Crippen LogP contribution in [0.5, 0.6) is 0 Å². The van der Waals surface area contributed by atoms with E-state index >= 15 is 0 Å². The Morgan fingerprint density at radius 3 is 2.69 bits per heavy atom. The molecule has 2 aromatic carbocycles. The third-order valence-electron chi connectivity index (χ3n) is 5.86. The van der Waals surface area contributed by atoms with Crippen LogP contribution in [-0.4, -0.2) is 45.5 Å². The van der Waals surface area contributed by atoms with Gasteiger partial charge in [-0.3, -0.25) is 14.2 Å². The first-order chi connectivity index (χ1) is 17.4. The minimum absolute atomic E-state index is 0.124. The lowest BCUT2D eigenvalue weighted by molar-refractivity contribution is 0.0932. The van der Waals surface area contributed by atoms with Gasteiger partial charge < -0.3 is 15.8 Å². The monoisotopic (exact) mass is 504 g/mol. The van der Waals surface area contributed by atoms with E-state index in [1.54, 1.807) is 42.1 Å². The van der Waals surface area contributed by atoms with Crippen molar-refractivity contribution in [1.29, 1.82) is 0 Å². The SMILES string of the molecule is COCCNC(=O)c1cn2c(-c3cc(Cl)c4nccc(C)c4c3)c(-c3ccc(F)cc3)nc(N)c2n1. The second kappa shape index (κ2) is 9.52. The molecule has 182 valence electrons. The third kappa shape index (κ3) is 4.23. The minimum Gasteiger partial charge on any atom is -0.383 e. The normalized spacial score (nSPS) is 11.3. The first kappa shape index (κ1) is 23.7. The Bertz CT molecular complexity index is 1620. The molecule has 3 N–H and O–H groups in total. The number of amides is 1. The number of aryl methyl sites for hydroxylation is 1. The summed E-state index contributed by atoms with van der Waals surface area (Å²) in [6.45, 7) is 2.67. The number of nitrogen functional groups attached to an aromatic ring is 1. The summed E-state index contributed by atoms with van der Waals surface area (Å²) in [5, 5.41) is 4.09. The van der Waals surface area contributed by atoms with Crippen molar-refractivity contribution in [3.8, 4) is 22.5 Å². The van der Waals surface area contributed by atoms with Crippen LogP contribution in [0, 0.1) is 12.7 Å². The number of anilines is 1. The quantitative estimate of drug-likeness (QED) is 0.325. The van der Waals surface area contributed by atoms with Gasteiger partial charge in [-0.15, -0.1) is 0 Å². The van der Waals surface area contributed by atoms with Crippen LogP contribution in [0.25, 0.3) is 39.1 Å². The zero-order chi connectivity index (χ0) is 25.4. The van der Waals surface area contributed by atoms with Gasteiger partial charge in [-0.05, 0) is 55.0 Å². The highest BCUT2D eigenvalue weighted by Crippen LogP contribution is 2.37. The van der Waals surface area contributed by atoms with Crippen molar-refractivity contribution in [2.24, 2.45) is 0 Å². The lowest BCUT2D eigenvalue weighted by Crippen LogP contribution is -2.27. The maximum absolute atomic E-state index is 13.7. The van der Waals surface area contributed by atoms with Gasteiger partial charge in [0.15, 0.2) is 11.5 Å². The summed E-state index contributed by atoms with van der Waals surface area (Å²) < 4.78 is 20.4. The Morgan fingerprint density at radius 1 is 1.17 bits per heavy atom. The Labute approximate surface area is 210 Å². The van der Waals surface area contributed by atoms with Gasteiger partial charge in [-0.2, -0.15) is 0 Å². The Balaban J connectivity index is 1.79. The van der Waals surface area contributed by atoms with E-state index in [0.717, 1.165) is 10.9 Å². The second-order valence-corrected chi connectivity index (χ2v) is 8.66. The molecule has 5 rings (SSSR count). The van der Waals surface area contributed by atoms with Crippen molar-refractivity contribution in [3.05, 3.63) is 77.0 Å². The Hall–Kier alpha value is -4.08. The molecule has 0 fully saturated rings. The first-order valence-corrected chi connectivity index (χ1v) is 11.5. The van der Waals surface area contributed by atoms with Crippen LogP contribution < -0.4 is 11.1 Å². The van der Waals surface area contributed by atoms with Gasteiger partial charge >= 0.3 is 0 Å². The van der Waals surface area contributed by atoms with E-state index in [1.165, 1.54) is 12.1 Å². The topological polar surface area (TPSA) is 107 Å². The number of nitrogens with zero attached hydrogens (tertiary/aromatic N) is 4. The van der Waals surface area contributed by atoms with Gasteiger partial charge in [0.25, 0.3) is 5.91 Å². The summed E-state index contributed by atoms with van der Waals surface area (Å²) >= 11 is 6.65. The molecule has 0 atom stereocenters. The average molecular weight is 505 g/mol. The molecule has 0 saturated heterocycles. The van der Waals surface area contributed by atoms with Crippen molar-refractivity contribution in [1.82, 2.24) is 24.7 Å². The maximum atomic E-state index is 13.7. The summed E-state index contributed by atoms with van der Waals surface area (Å²) in [4.78, 5) is 26.2. The molecule has 0 aliphatic heterocycles. The number of halogens is 2. The van der Waals surface area contributed by atoms with Crippen molar-refractivity contribution in [2.75, 3.05) is 26.0 Å². The number of fused-ring (bicyclic) bond motifs is 2. The molecule has 3 heterocycles. The van der Waals surface area contributed by atoms with E-state index in [0.29, 0.717) is 51.9 Å². The number of carbonyl (C=O) groups excluding carboxylic acids is 1. The number of benzene rings is 2. The van der Waals surface area contributed by atoms with Crippen LogP contribution in [0.3, 0.4) is 0 Å². The number of nitrogens with one attached hydrogen (secondary N) is 1. The van der Waals surface area contributed by atoms with E-state index in [4.69, 9.17) is 22.1 Å². The summed E-state index contributed by atoms with van der Waals surface area (Å²) in [5.74, 6) is -0.623. The lowest BCUT2D eigenvalue weighted by Gasteiger charge is -2.15. The predicted molar refractivity (Wildman–Crippen MR) is 137 cm³/mol. The number of carbonyl (C=O) groups is 1. The largest absolute Gasteiger partial charge is 0.383 e. The van der Waals surface area contributed by atoms with Gasteiger partial charge in [0.1, 0.15) is 11.5 Å². The Morgan fingerprint density at radius 2 is 1.94 bits per heavy atom. The molecule has 10 heteroatoms. The van der Waals surface area contributed by atoms with Crippen LogP contribution in [0.2, 0.25) is 5.02 Å². The molecular weight excluding hydrogens is 483 g/mol. The fourth-order valence-corrected chi connectivity index (χ4v) is 4.37. The summed E-state index contributed by atoms with van der Waals surface area (Å²) in [6, 6.07) is 11.6. The number of hydrogen-bond donors (Lipinski definition) is 2. The van der Waals surface area contributed by atoms with Gasteiger partial charge in [-0.25, -0.2) is 14.4 Å². The highest BCUT2D eigenvalue weighted by atomic mass is 35.5. The summed E-state index contributed by atoms with van der Waals surface area (Å²) in [5.41, 5.74) is 10.9.